The number of halogens is 1. The monoisotopic (exact) mass is 375 g/mol. The normalized spacial score (nSPS) is 18.3. The highest BCUT2D eigenvalue weighted by Crippen LogP contribution is 2.27. The third-order valence-corrected chi connectivity index (χ3v) is 6.42. The average Bonchev–Trinajstić information content (AvgIpc) is 2.41. The maximum absolute atomic E-state index is 12.7. The molecule has 5 nitrogen and oxygen atoms in total. The molecule has 118 valence electrons. The van der Waals surface area contributed by atoms with Crippen LogP contribution in [0.4, 0.5) is 5.69 Å². The zero-order chi connectivity index (χ0) is 15.6. The summed E-state index contributed by atoms with van der Waals surface area (Å²) in [5, 5.41) is 0. The molecule has 0 bridgehead atoms. The van der Waals surface area contributed by atoms with Crippen molar-refractivity contribution in [2.45, 2.75) is 18.7 Å². The van der Waals surface area contributed by atoms with E-state index in [9.17, 15) is 8.42 Å². The van der Waals surface area contributed by atoms with E-state index in [1.54, 1.807) is 16.4 Å². The van der Waals surface area contributed by atoms with Gasteiger partial charge in [-0.25, -0.2) is 8.42 Å². The highest BCUT2D eigenvalue weighted by molar-refractivity contribution is 9.10. The van der Waals surface area contributed by atoms with Gasteiger partial charge in [0.15, 0.2) is 0 Å². The number of nitrogens with two attached hydrogens (primary N) is 1. The van der Waals surface area contributed by atoms with E-state index in [2.05, 4.69) is 34.7 Å². The zero-order valence-corrected chi connectivity index (χ0v) is 14.8. The summed E-state index contributed by atoms with van der Waals surface area (Å²) in [6, 6.07) is 4.88. The Labute approximate surface area is 135 Å². The van der Waals surface area contributed by atoms with Crippen molar-refractivity contribution < 1.29 is 8.42 Å². The van der Waals surface area contributed by atoms with Gasteiger partial charge in [-0.15, -0.1) is 0 Å². The second kappa shape index (κ2) is 6.64. The summed E-state index contributed by atoms with van der Waals surface area (Å²) in [7, 11) is -3.49. The van der Waals surface area contributed by atoms with Gasteiger partial charge in [0.2, 0.25) is 10.0 Å². The minimum Gasteiger partial charge on any atom is -0.399 e. The van der Waals surface area contributed by atoms with E-state index in [0.717, 1.165) is 19.6 Å². The fraction of sp³-hybridized carbons (Fsp3) is 0.571. The molecule has 21 heavy (non-hydrogen) atoms. The molecule has 7 heteroatoms. The van der Waals surface area contributed by atoms with Gasteiger partial charge >= 0.3 is 0 Å². The van der Waals surface area contributed by atoms with E-state index in [-0.39, 0.29) is 4.90 Å². The molecule has 1 saturated heterocycles. The van der Waals surface area contributed by atoms with Crippen molar-refractivity contribution in [3.05, 3.63) is 22.7 Å². The minimum absolute atomic E-state index is 0.250. The standard InChI is InChI=1S/C14H22BrN3O2S/c1-11(2)10-17-5-7-18(8-6-17)21(19,20)14-9-12(16)3-4-13(14)15/h3-4,9,11H,5-8,10,16H2,1-2H3. The number of anilines is 1. The van der Waals surface area contributed by atoms with Crippen LogP contribution < -0.4 is 5.73 Å². The molecule has 1 fully saturated rings. The molecule has 0 amide bonds. The van der Waals surface area contributed by atoms with Gasteiger partial charge in [-0.1, -0.05) is 13.8 Å². The fourth-order valence-electron chi connectivity index (χ4n) is 2.53. The maximum atomic E-state index is 12.7. The number of sulfonamides is 1. The topological polar surface area (TPSA) is 66.6 Å². The zero-order valence-electron chi connectivity index (χ0n) is 12.4. The van der Waals surface area contributed by atoms with Gasteiger partial charge in [-0.05, 0) is 40.0 Å². The first-order valence-corrected chi connectivity index (χ1v) is 9.31. The third kappa shape index (κ3) is 3.97. The quantitative estimate of drug-likeness (QED) is 0.817. The average molecular weight is 376 g/mol. The van der Waals surface area contributed by atoms with Crippen LogP contribution in [0.3, 0.4) is 0 Å². The molecule has 0 spiro atoms. The summed E-state index contributed by atoms with van der Waals surface area (Å²) in [5.74, 6) is 0.594. The van der Waals surface area contributed by atoms with Crippen molar-refractivity contribution in [1.29, 1.82) is 0 Å². The van der Waals surface area contributed by atoms with Gasteiger partial charge in [-0.2, -0.15) is 4.31 Å². The van der Waals surface area contributed by atoms with Crippen molar-refractivity contribution in [2.24, 2.45) is 5.92 Å². The molecule has 1 heterocycles. The van der Waals surface area contributed by atoms with Crippen molar-refractivity contribution in [3.8, 4) is 0 Å². The third-order valence-electron chi connectivity index (χ3n) is 3.53. The Hall–Kier alpha value is -0.630. The summed E-state index contributed by atoms with van der Waals surface area (Å²) >= 11 is 3.31. The number of rotatable bonds is 4. The van der Waals surface area contributed by atoms with Gasteiger partial charge in [0.25, 0.3) is 0 Å². The van der Waals surface area contributed by atoms with Crippen molar-refractivity contribution in [2.75, 3.05) is 38.5 Å². The Bertz CT molecular complexity index is 596. The molecule has 2 N–H and O–H groups in total. The van der Waals surface area contributed by atoms with Crippen LogP contribution in [0.15, 0.2) is 27.6 Å². The molecule has 0 aliphatic carbocycles. The smallest absolute Gasteiger partial charge is 0.244 e. The predicted octanol–water partition coefficient (Wildman–Crippen LogP) is 1.99. The van der Waals surface area contributed by atoms with Gasteiger partial charge in [0.05, 0.1) is 4.90 Å². The van der Waals surface area contributed by atoms with E-state index in [0.29, 0.717) is 29.2 Å². The van der Waals surface area contributed by atoms with Crippen LogP contribution in [0.25, 0.3) is 0 Å². The van der Waals surface area contributed by atoms with Gasteiger partial charge in [0, 0.05) is 42.9 Å². The number of hydrogen-bond acceptors (Lipinski definition) is 4. The highest BCUT2D eigenvalue weighted by Gasteiger charge is 2.30. The Kier molecular flexibility index (Phi) is 5.29. The lowest BCUT2D eigenvalue weighted by molar-refractivity contribution is 0.172. The van der Waals surface area contributed by atoms with Gasteiger partial charge in [0.1, 0.15) is 0 Å². The Morgan fingerprint density at radius 1 is 1.24 bits per heavy atom. The van der Waals surface area contributed by atoms with Crippen LogP contribution in [0.5, 0.6) is 0 Å². The summed E-state index contributed by atoms with van der Waals surface area (Å²) in [4.78, 5) is 2.56. The first kappa shape index (κ1) is 16.7. The van der Waals surface area contributed by atoms with E-state index < -0.39 is 10.0 Å². The van der Waals surface area contributed by atoms with E-state index in [4.69, 9.17) is 5.73 Å². The minimum atomic E-state index is -3.49. The molecule has 0 saturated carbocycles. The van der Waals surface area contributed by atoms with Crippen LogP contribution in [-0.4, -0.2) is 50.3 Å². The second-order valence-electron chi connectivity index (χ2n) is 5.79. The molecule has 0 aromatic heterocycles. The van der Waals surface area contributed by atoms with E-state index in [1.807, 2.05) is 0 Å². The molecular formula is C14H22BrN3O2S. The second-order valence-corrected chi connectivity index (χ2v) is 8.55. The molecule has 1 aliphatic heterocycles. The fourth-order valence-corrected chi connectivity index (χ4v) is 4.91. The summed E-state index contributed by atoms with van der Waals surface area (Å²) < 4.78 is 27.5. The first-order valence-electron chi connectivity index (χ1n) is 7.08. The molecule has 1 aromatic carbocycles. The maximum Gasteiger partial charge on any atom is 0.244 e. The molecule has 2 rings (SSSR count). The lowest BCUT2D eigenvalue weighted by atomic mass is 10.2. The number of piperazine rings is 1. The molecular weight excluding hydrogens is 354 g/mol. The van der Waals surface area contributed by atoms with E-state index in [1.165, 1.54) is 6.07 Å². The Morgan fingerprint density at radius 3 is 2.43 bits per heavy atom. The van der Waals surface area contributed by atoms with Crippen LogP contribution in [0.1, 0.15) is 13.8 Å². The highest BCUT2D eigenvalue weighted by atomic mass is 79.9. The van der Waals surface area contributed by atoms with Crippen LogP contribution in [0.2, 0.25) is 0 Å². The number of benzene rings is 1. The molecule has 1 aliphatic rings. The molecule has 0 unspecified atom stereocenters. The number of hydrogen-bond donors (Lipinski definition) is 1. The van der Waals surface area contributed by atoms with Crippen molar-refractivity contribution in [1.82, 2.24) is 9.21 Å². The van der Waals surface area contributed by atoms with Crippen molar-refractivity contribution in [3.63, 3.8) is 0 Å². The van der Waals surface area contributed by atoms with Gasteiger partial charge < -0.3 is 10.6 Å². The number of nitrogen functional groups attached to an aromatic ring is 1. The summed E-state index contributed by atoms with van der Waals surface area (Å²) in [6.45, 7) is 7.96. The molecule has 0 atom stereocenters. The summed E-state index contributed by atoms with van der Waals surface area (Å²) in [5.41, 5.74) is 6.17. The van der Waals surface area contributed by atoms with Crippen LogP contribution in [0, 0.1) is 5.92 Å². The lowest BCUT2D eigenvalue weighted by Crippen LogP contribution is -2.49. The number of nitrogens with zero attached hydrogens (tertiary/aromatic N) is 2. The Morgan fingerprint density at radius 2 is 1.86 bits per heavy atom. The largest absolute Gasteiger partial charge is 0.399 e. The SMILES string of the molecule is CC(C)CN1CCN(S(=O)(=O)c2cc(N)ccc2Br)CC1. The lowest BCUT2D eigenvalue weighted by Gasteiger charge is -2.34. The predicted molar refractivity (Wildman–Crippen MR) is 88.6 cm³/mol. The Balaban J connectivity index is 2.13. The molecule has 1 aromatic rings. The van der Waals surface area contributed by atoms with Gasteiger partial charge in [-0.3, -0.25) is 0 Å². The summed E-state index contributed by atoms with van der Waals surface area (Å²) in [6.07, 6.45) is 0. The van der Waals surface area contributed by atoms with Crippen LogP contribution >= 0.6 is 15.9 Å². The molecule has 0 radical (unpaired) electrons. The first-order chi connectivity index (χ1) is 9.80. The van der Waals surface area contributed by atoms with Crippen molar-refractivity contribution >= 4 is 31.6 Å². The van der Waals surface area contributed by atoms with E-state index >= 15 is 0 Å². The van der Waals surface area contributed by atoms with Crippen LogP contribution in [-0.2, 0) is 10.0 Å².